The molecular weight excluding hydrogens is 412 g/mol. The Morgan fingerprint density at radius 2 is 1.73 bits per heavy atom. The standard InChI is InChI=1S/C20H18N2O7S/c1-3-28-20(24)19-17(13-18(23)22(21-19)14-7-5-4-6-8-14)29-30(25,26)16-11-9-15(27-2)10-12-16/h4-13H,3H2,1-2H3. The molecule has 1 aromatic heterocycles. The van der Waals surface area contributed by atoms with Crippen LogP contribution in [0.25, 0.3) is 5.69 Å². The predicted molar refractivity (Wildman–Crippen MR) is 107 cm³/mol. The van der Waals surface area contributed by atoms with Crippen molar-refractivity contribution in [2.45, 2.75) is 11.8 Å². The van der Waals surface area contributed by atoms with Crippen molar-refractivity contribution < 1.29 is 26.9 Å². The molecule has 0 unspecified atom stereocenters. The Bertz CT molecular complexity index is 1200. The van der Waals surface area contributed by atoms with Crippen LogP contribution in [-0.2, 0) is 14.9 Å². The van der Waals surface area contributed by atoms with Gasteiger partial charge in [0.25, 0.3) is 5.56 Å². The number of nitrogens with zero attached hydrogens (tertiary/aromatic N) is 2. The van der Waals surface area contributed by atoms with Crippen LogP contribution in [0.2, 0.25) is 0 Å². The number of para-hydroxylation sites is 1. The first-order valence-electron chi connectivity index (χ1n) is 8.81. The van der Waals surface area contributed by atoms with E-state index in [1.807, 2.05) is 0 Å². The second kappa shape index (κ2) is 8.78. The van der Waals surface area contributed by atoms with E-state index in [0.717, 1.165) is 10.7 Å². The summed E-state index contributed by atoms with van der Waals surface area (Å²) in [5, 5.41) is 3.99. The normalized spacial score (nSPS) is 11.0. The van der Waals surface area contributed by atoms with Crippen molar-refractivity contribution in [2.75, 3.05) is 13.7 Å². The molecule has 3 rings (SSSR count). The first-order chi connectivity index (χ1) is 14.4. The Morgan fingerprint density at radius 3 is 2.33 bits per heavy atom. The third kappa shape index (κ3) is 4.49. The lowest BCUT2D eigenvalue weighted by Gasteiger charge is -2.12. The topological polar surface area (TPSA) is 114 Å². The molecule has 0 aliphatic heterocycles. The molecule has 0 aliphatic rings. The quantitative estimate of drug-likeness (QED) is 0.414. The molecule has 0 saturated carbocycles. The predicted octanol–water partition coefficient (Wildman–Crippen LogP) is 2.19. The van der Waals surface area contributed by atoms with Crippen LogP contribution in [0.3, 0.4) is 0 Å². The summed E-state index contributed by atoms with van der Waals surface area (Å²) in [6.45, 7) is 1.61. The van der Waals surface area contributed by atoms with E-state index >= 15 is 0 Å². The fourth-order valence-electron chi connectivity index (χ4n) is 2.51. The van der Waals surface area contributed by atoms with E-state index in [1.54, 1.807) is 37.3 Å². The summed E-state index contributed by atoms with van der Waals surface area (Å²) in [6.07, 6.45) is 0. The molecule has 0 bridgehead atoms. The molecule has 0 amide bonds. The monoisotopic (exact) mass is 430 g/mol. The molecule has 0 saturated heterocycles. The average Bonchev–Trinajstić information content (AvgIpc) is 2.74. The molecule has 10 heteroatoms. The van der Waals surface area contributed by atoms with Gasteiger partial charge in [-0.3, -0.25) is 4.79 Å². The molecule has 9 nitrogen and oxygen atoms in total. The van der Waals surface area contributed by atoms with Gasteiger partial charge in [0.2, 0.25) is 5.69 Å². The molecule has 2 aromatic carbocycles. The van der Waals surface area contributed by atoms with Gasteiger partial charge in [-0.1, -0.05) is 18.2 Å². The lowest BCUT2D eigenvalue weighted by atomic mass is 10.3. The summed E-state index contributed by atoms with van der Waals surface area (Å²) in [7, 11) is -2.91. The van der Waals surface area contributed by atoms with Gasteiger partial charge in [-0.25, -0.2) is 4.79 Å². The first-order valence-corrected chi connectivity index (χ1v) is 10.2. The second-order valence-corrected chi connectivity index (χ2v) is 7.42. The average molecular weight is 430 g/mol. The van der Waals surface area contributed by atoms with E-state index in [-0.39, 0.29) is 11.5 Å². The Hall–Kier alpha value is -3.66. The van der Waals surface area contributed by atoms with Crippen LogP contribution in [0, 0.1) is 0 Å². The van der Waals surface area contributed by atoms with Gasteiger partial charge in [0.15, 0.2) is 5.75 Å². The van der Waals surface area contributed by atoms with Crippen molar-refractivity contribution in [1.82, 2.24) is 9.78 Å². The van der Waals surface area contributed by atoms with Gasteiger partial charge in [0.05, 0.1) is 25.5 Å². The smallest absolute Gasteiger partial charge is 0.362 e. The molecule has 0 aliphatic carbocycles. The van der Waals surface area contributed by atoms with Crippen LogP contribution in [0.5, 0.6) is 11.5 Å². The summed E-state index contributed by atoms with van der Waals surface area (Å²) in [6, 6.07) is 14.6. The zero-order chi connectivity index (χ0) is 21.7. The van der Waals surface area contributed by atoms with Crippen LogP contribution in [0.4, 0.5) is 0 Å². The van der Waals surface area contributed by atoms with Gasteiger partial charge in [-0.15, -0.1) is 0 Å². The number of carbonyl (C=O) groups excluding carboxylic acids is 1. The third-order valence-corrected chi connectivity index (χ3v) is 5.16. The van der Waals surface area contributed by atoms with Crippen LogP contribution in [0.1, 0.15) is 17.4 Å². The van der Waals surface area contributed by atoms with Crippen LogP contribution in [-0.4, -0.2) is 37.9 Å². The molecule has 156 valence electrons. The van der Waals surface area contributed by atoms with Crippen LogP contribution in [0.15, 0.2) is 70.4 Å². The minimum Gasteiger partial charge on any atom is -0.497 e. The molecule has 3 aromatic rings. The number of benzene rings is 2. The molecule has 0 spiro atoms. The van der Waals surface area contributed by atoms with Crippen molar-refractivity contribution >= 4 is 16.1 Å². The second-order valence-electron chi connectivity index (χ2n) is 5.88. The zero-order valence-electron chi connectivity index (χ0n) is 16.1. The summed E-state index contributed by atoms with van der Waals surface area (Å²) >= 11 is 0. The largest absolute Gasteiger partial charge is 0.497 e. The zero-order valence-corrected chi connectivity index (χ0v) is 17.0. The number of rotatable bonds is 7. The lowest BCUT2D eigenvalue weighted by molar-refractivity contribution is 0.0515. The van der Waals surface area contributed by atoms with E-state index in [9.17, 15) is 18.0 Å². The molecule has 0 radical (unpaired) electrons. The van der Waals surface area contributed by atoms with Gasteiger partial charge in [0, 0.05) is 0 Å². The Morgan fingerprint density at radius 1 is 1.07 bits per heavy atom. The summed E-state index contributed by atoms with van der Waals surface area (Å²) < 4.78 is 41.3. The minimum atomic E-state index is -4.35. The first kappa shape index (κ1) is 21.1. The Labute approximate surface area is 172 Å². The van der Waals surface area contributed by atoms with E-state index in [2.05, 4.69) is 5.10 Å². The van der Waals surface area contributed by atoms with Gasteiger partial charge < -0.3 is 13.7 Å². The SMILES string of the molecule is CCOC(=O)c1nn(-c2ccccc2)c(=O)cc1OS(=O)(=O)c1ccc(OC)cc1. The number of hydrogen-bond donors (Lipinski definition) is 0. The highest BCUT2D eigenvalue weighted by Crippen LogP contribution is 2.23. The molecule has 0 fully saturated rings. The number of aromatic nitrogens is 2. The van der Waals surface area contributed by atoms with E-state index in [4.69, 9.17) is 13.7 Å². The highest BCUT2D eigenvalue weighted by molar-refractivity contribution is 7.87. The highest BCUT2D eigenvalue weighted by atomic mass is 32.2. The fourth-order valence-corrected chi connectivity index (χ4v) is 3.44. The lowest BCUT2D eigenvalue weighted by Crippen LogP contribution is -2.26. The number of carbonyl (C=O) groups is 1. The van der Waals surface area contributed by atoms with E-state index in [0.29, 0.717) is 11.4 Å². The van der Waals surface area contributed by atoms with Crippen LogP contribution >= 0.6 is 0 Å². The van der Waals surface area contributed by atoms with Crippen molar-refractivity contribution in [3.8, 4) is 17.2 Å². The highest BCUT2D eigenvalue weighted by Gasteiger charge is 2.25. The third-order valence-electron chi connectivity index (χ3n) is 3.91. The molecule has 1 heterocycles. The summed E-state index contributed by atoms with van der Waals surface area (Å²) in [5.41, 5.74) is -0.746. The number of ether oxygens (including phenoxy) is 2. The Balaban J connectivity index is 2.07. The number of hydrogen-bond acceptors (Lipinski definition) is 8. The van der Waals surface area contributed by atoms with Gasteiger partial charge in [-0.05, 0) is 43.3 Å². The minimum absolute atomic E-state index is 0.0235. The molecule has 30 heavy (non-hydrogen) atoms. The summed E-state index contributed by atoms with van der Waals surface area (Å²) in [4.78, 5) is 24.7. The van der Waals surface area contributed by atoms with Gasteiger partial charge in [0.1, 0.15) is 10.6 Å². The van der Waals surface area contributed by atoms with E-state index in [1.165, 1.54) is 31.4 Å². The van der Waals surface area contributed by atoms with Crippen molar-refractivity contribution in [1.29, 1.82) is 0 Å². The van der Waals surface area contributed by atoms with Gasteiger partial charge >= 0.3 is 16.1 Å². The maximum atomic E-state index is 12.6. The van der Waals surface area contributed by atoms with Gasteiger partial charge in [-0.2, -0.15) is 18.2 Å². The van der Waals surface area contributed by atoms with Crippen molar-refractivity contribution in [2.24, 2.45) is 0 Å². The number of esters is 1. The van der Waals surface area contributed by atoms with Crippen molar-refractivity contribution in [3.05, 3.63) is 76.7 Å². The summed E-state index contributed by atoms with van der Waals surface area (Å²) in [5.74, 6) is -1.00. The Kier molecular flexibility index (Phi) is 6.17. The molecule has 0 N–H and O–H groups in total. The maximum Gasteiger partial charge on any atom is 0.362 e. The maximum absolute atomic E-state index is 12.6. The van der Waals surface area contributed by atoms with E-state index < -0.39 is 33.1 Å². The van der Waals surface area contributed by atoms with Crippen molar-refractivity contribution in [3.63, 3.8) is 0 Å². The fraction of sp³-hybridized carbons (Fsp3) is 0.150. The molecular formula is C20H18N2O7S. The number of methoxy groups -OCH3 is 1. The van der Waals surface area contributed by atoms with Crippen LogP contribution < -0.4 is 14.5 Å². The molecule has 0 atom stereocenters.